The van der Waals surface area contributed by atoms with E-state index in [-0.39, 0.29) is 18.6 Å². The standard InChI is InChI=1S/C15H22N2O2/c1-10(2)14(9-18)17(3)8-11-4-5-13-12(6-11)7-15(19)16-13/h4-6,10,14,18H,7-9H2,1-3H3,(H,16,19). The van der Waals surface area contributed by atoms with Crippen molar-refractivity contribution in [2.45, 2.75) is 32.9 Å². The minimum Gasteiger partial charge on any atom is -0.395 e. The average molecular weight is 262 g/mol. The molecule has 1 heterocycles. The van der Waals surface area contributed by atoms with Crippen molar-refractivity contribution in [3.05, 3.63) is 29.3 Å². The zero-order chi connectivity index (χ0) is 14.0. The van der Waals surface area contributed by atoms with Crippen LogP contribution in [0.3, 0.4) is 0 Å². The number of aliphatic hydroxyl groups excluding tert-OH is 1. The molecular formula is C15H22N2O2. The number of fused-ring (bicyclic) bond motifs is 1. The number of benzene rings is 1. The number of carbonyl (C=O) groups excluding carboxylic acids is 1. The molecule has 0 saturated heterocycles. The van der Waals surface area contributed by atoms with E-state index in [9.17, 15) is 9.90 Å². The van der Waals surface area contributed by atoms with Crippen LogP contribution in [0.5, 0.6) is 0 Å². The molecule has 0 aliphatic carbocycles. The van der Waals surface area contributed by atoms with Crippen LogP contribution in [-0.4, -0.2) is 35.6 Å². The van der Waals surface area contributed by atoms with Gasteiger partial charge in [0.1, 0.15) is 0 Å². The number of hydrogen-bond donors (Lipinski definition) is 2. The van der Waals surface area contributed by atoms with E-state index in [1.165, 1.54) is 5.56 Å². The normalized spacial score (nSPS) is 15.8. The summed E-state index contributed by atoms with van der Waals surface area (Å²) in [5.41, 5.74) is 3.18. The zero-order valence-corrected chi connectivity index (χ0v) is 11.8. The highest BCUT2D eigenvalue weighted by molar-refractivity contribution is 5.99. The molecule has 1 aromatic carbocycles. The van der Waals surface area contributed by atoms with Gasteiger partial charge in [-0.25, -0.2) is 0 Å². The second-order valence-corrected chi connectivity index (χ2v) is 5.63. The lowest BCUT2D eigenvalue weighted by Crippen LogP contribution is -2.38. The van der Waals surface area contributed by atoms with Gasteiger partial charge in [0.15, 0.2) is 0 Å². The lowest BCUT2D eigenvalue weighted by molar-refractivity contribution is -0.115. The lowest BCUT2D eigenvalue weighted by Gasteiger charge is -2.29. The van der Waals surface area contributed by atoms with Gasteiger partial charge >= 0.3 is 0 Å². The molecule has 19 heavy (non-hydrogen) atoms. The third kappa shape index (κ3) is 3.14. The van der Waals surface area contributed by atoms with Crippen LogP contribution < -0.4 is 5.32 Å². The number of rotatable bonds is 5. The second kappa shape index (κ2) is 5.72. The smallest absolute Gasteiger partial charge is 0.228 e. The van der Waals surface area contributed by atoms with Crippen LogP contribution in [0.1, 0.15) is 25.0 Å². The number of aliphatic hydroxyl groups is 1. The van der Waals surface area contributed by atoms with Gasteiger partial charge in [0.2, 0.25) is 5.91 Å². The fraction of sp³-hybridized carbons (Fsp3) is 0.533. The van der Waals surface area contributed by atoms with Crippen molar-refractivity contribution in [1.82, 2.24) is 4.90 Å². The summed E-state index contributed by atoms with van der Waals surface area (Å²) in [5.74, 6) is 0.476. The molecule has 2 rings (SSSR count). The van der Waals surface area contributed by atoms with Gasteiger partial charge in [0, 0.05) is 18.3 Å². The number of hydrogen-bond acceptors (Lipinski definition) is 3. The Kier molecular flexibility index (Phi) is 4.22. The van der Waals surface area contributed by atoms with Crippen molar-refractivity contribution in [1.29, 1.82) is 0 Å². The highest BCUT2D eigenvalue weighted by Gasteiger charge is 2.20. The maximum absolute atomic E-state index is 11.3. The first-order chi connectivity index (χ1) is 9.01. The molecule has 4 nitrogen and oxygen atoms in total. The molecule has 4 heteroatoms. The van der Waals surface area contributed by atoms with Crippen LogP contribution in [-0.2, 0) is 17.8 Å². The van der Waals surface area contributed by atoms with Crippen LogP contribution in [0, 0.1) is 5.92 Å². The van der Waals surface area contributed by atoms with E-state index in [2.05, 4.69) is 30.1 Å². The molecule has 0 aromatic heterocycles. The Labute approximate surface area is 114 Å². The van der Waals surface area contributed by atoms with Gasteiger partial charge in [0.25, 0.3) is 0 Å². The average Bonchev–Trinajstić information content (AvgIpc) is 2.68. The van der Waals surface area contributed by atoms with Gasteiger partial charge in [-0.15, -0.1) is 0 Å². The number of nitrogens with zero attached hydrogens (tertiary/aromatic N) is 1. The molecule has 1 aliphatic heterocycles. The number of likely N-dealkylation sites (N-methyl/N-ethyl adjacent to an activating group) is 1. The lowest BCUT2D eigenvalue weighted by atomic mass is 10.0. The number of anilines is 1. The quantitative estimate of drug-likeness (QED) is 0.848. The SMILES string of the molecule is CC(C)C(CO)N(C)Cc1ccc2c(c1)CC(=O)N2. The molecule has 1 amide bonds. The molecule has 0 fully saturated rings. The molecule has 2 N–H and O–H groups in total. The Balaban J connectivity index is 2.08. The van der Waals surface area contributed by atoms with E-state index < -0.39 is 0 Å². The summed E-state index contributed by atoms with van der Waals surface area (Å²) in [6.45, 7) is 5.18. The Morgan fingerprint density at radius 1 is 1.42 bits per heavy atom. The molecule has 1 atom stereocenters. The van der Waals surface area contributed by atoms with Crippen molar-refractivity contribution in [3.63, 3.8) is 0 Å². The van der Waals surface area contributed by atoms with Crippen molar-refractivity contribution >= 4 is 11.6 Å². The monoisotopic (exact) mass is 262 g/mol. The van der Waals surface area contributed by atoms with Gasteiger partial charge in [-0.1, -0.05) is 26.0 Å². The van der Waals surface area contributed by atoms with Crippen LogP contribution in [0.4, 0.5) is 5.69 Å². The summed E-state index contributed by atoms with van der Waals surface area (Å²) in [6, 6.07) is 6.24. The number of nitrogens with one attached hydrogen (secondary N) is 1. The van der Waals surface area contributed by atoms with Crippen molar-refractivity contribution in [2.24, 2.45) is 5.92 Å². The highest BCUT2D eigenvalue weighted by atomic mass is 16.3. The fourth-order valence-corrected chi connectivity index (χ4v) is 2.65. The first kappa shape index (κ1) is 14.0. The Hall–Kier alpha value is -1.39. The molecule has 0 bridgehead atoms. The van der Waals surface area contributed by atoms with Gasteiger partial charge in [-0.2, -0.15) is 0 Å². The van der Waals surface area contributed by atoms with Crippen molar-refractivity contribution in [3.8, 4) is 0 Å². The van der Waals surface area contributed by atoms with E-state index in [0.29, 0.717) is 12.3 Å². The van der Waals surface area contributed by atoms with E-state index >= 15 is 0 Å². The Morgan fingerprint density at radius 2 is 2.16 bits per heavy atom. The summed E-state index contributed by atoms with van der Waals surface area (Å²) in [4.78, 5) is 13.5. The van der Waals surface area contributed by atoms with Crippen LogP contribution in [0.2, 0.25) is 0 Å². The van der Waals surface area contributed by atoms with Gasteiger partial charge < -0.3 is 10.4 Å². The van der Waals surface area contributed by atoms with Gasteiger partial charge in [-0.3, -0.25) is 9.69 Å². The van der Waals surface area contributed by atoms with E-state index in [4.69, 9.17) is 0 Å². The highest BCUT2D eigenvalue weighted by Crippen LogP contribution is 2.24. The summed E-state index contributed by atoms with van der Waals surface area (Å²) in [6.07, 6.45) is 0.473. The third-order valence-corrected chi connectivity index (χ3v) is 3.75. The van der Waals surface area contributed by atoms with E-state index in [1.807, 2.05) is 19.2 Å². The molecule has 0 radical (unpaired) electrons. The van der Waals surface area contributed by atoms with Crippen LogP contribution in [0.15, 0.2) is 18.2 Å². The van der Waals surface area contributed by atoms with Gasteiger partial charge in [0.05, 0.1) is 13.0 Å². The molecule has 104 valence electrons. The molecule has 1 aliphatic rings. The van der Waals surface area contributed by atoms with Crippen molar-refractivity contribution < 1.29 is 9.90 Å². The second-order valence-electron chi connectivity index (χ2n) is 5.63. The maximum Gasteiger partial charge on any atom is 0.228 e. The Bertz CT molecular complexity index is 471. The molecule has 0 spiro atoms. The predicted octanol–water partition coefficient (Wildman–Crippen LogP) is 1.63. The minimum atomic E-state index is 0.0657. The summed E-state index contributed by atoms with van der Waals surface area (Å²) >= 11 is 0. The summed E-state index contributed by atoms with van der Waals surface area (Å²) < 4.78 is 0. The van der Waals surface area contributed by atoms with Crippen LogP contribution in [0.25, 0.3) is 0 Å². The molecular weight excluding hydrogens is 240 g/mol. The Morgan fingerprint density at radius 3 is 2.79 bits per heavy atom. The zero-order valence-electron chi connectivity index (χ0n) is 11.8. The molecule has 1 unspecified atom stereocenters. The first-order valence-corrected chi connectivity index (χ1v) is 6.74. The maximum atomic E-state index is 11.3. The fourth-order valence-electron chi connectivity index (χ4n) is 2.65. The predicted molar refractivity (Wildman–Crippen MR) is 76.0 cm³/mol. The van der Waals surface area contributed by atoms with Gasteiger partial charge in [-0.05, 0) is 30.2 Å². The summed E-state index contributed by atoms with van der Waals surface area (Å²) in [5, 5.41) is 12.3. The minimum absolute atomic E-state index is 0.0657. The first-order valence-electron chi connectivity index (χ1n) is 6.74. The number of carbonyl (C=O) groups is 1. The summed E-state index contributed by atoms with van der Waals surface area (Å²) in [7, 11) is 2.03. The topological polar surface area (TPSA) is 52.6 Å². The largest absolute Gasteiger partial charge is 0.395 e. The van der Waals surface area contributed by atoms with Crippen molar-refractivity contribution in [2.75, 3.05) is 19.0 Å². The molecule has 1 aromatic rings. The van der Waals surface area contributed by atoms with E-state index in [0.717, 1.165) is 17.8 Å². The molecule has 0 saturated carbocycles. The third-order valence-electron chi connectivity index (χ3n) is 3.75. The number of amides is 1. The van der Waals surface area contributed by atoms with Crippen LogP contribution >= 0.6 is 0 Å². The van der Waals surface area contributed by atoms with E-state index in [1.54, 1.807) is 0 Å².